The number of aromatic amines is 1. The second-order valence-corrected chi connectivity index (χ2v) is 7.64. The molecule has 2 heterocycles. The van der Waals surface area contributed by atoms with Gasteiger partial charge in [0.05, 0.1) is 5.69 Å². The highest BCUT2D eigenvalue weighted by Gasteiger charge is 2.25. The van der Waals surface area contributed by atoms with Crippen LogP contribution in [0.15, 0.2) is 41.3 Å². The van der Waals surface area contributed by atoms with E-state index in [0.717, 1.165) is 17.7 Å². The van der Waals surface area contributed by atoms with Crippen LogP contribution in [-0.4, -0.2) is 9.97 Å². The lowest BCUT2D eigenvalue weighted by Gasteiger charge is -2.13. The van der Waals surface area contributed by atoms with Crippen molar-refractivity contribution in [3.63, 3.8) is 0 Å². The van der Waals surface area contributed by atoms with Crippen molar-refractivity contribution < 1.29 is 9.13 Å². The van der Waals surface area contributed by atoms with Gasteiger partial charge in [0, 0.05) is 17.5 Å². The maximum absolute atomic E-state index is 14.8. The van der Waals surface area contributed by atoms with Crippen LogP contribution >= 0.6 is 11.6 Å². The molecule has 2 aromatic heterocycles. The Hall–Kier alpha value is -2.66. The average molecular weight is 399 g/mol. The molecular weight excluding hydrogens is 379 g/mol. The number of ether oxygens (including phenoxy) is 1. The van der Waals surface area contributed by atoms with E-state index in [1.807, 2.05) is 19.9 Å². The number of pyridine rings is 2. The number of hydrogen-bond donors (Lipinski definition) is 1. The van der Waals surface area contributed by atoms with Gasteiger partial charge >= 0.3 is 0 Å². The highest BCUT2D eigenvalue weighted by molar-refractivity contribution is 6.33. The van der Waals surface area contributed by atoms with Crippen molar-refractivity contribution in [1.29, 1.82) is 0 Å². The van der Waals surface area contributed by atoms with E-state index in [2.05, 4.69) is 9.97 Å². The smallest absolute Gasteiger partial charge is 0.267 e. The van der Waals surface area contributed by atoms with E-state index >= 15 is 0 Å². The molecule has 1 aromatic carbocycles. The predicted molar refractivity (Wildman–Crippen MR) is 108 cm³/mol. The number of aromatic nitrogens is 2. The maximum Gasteiger partial charge on any atom is 0.267 e. The monoisotopic (exact) mass is 398 g/mol. The summed E-state index contributed by atoms with van der Waals surface area (Å²) in [5, 5.41) is 0.0878. The molecule has 1 aliphatic carbocycles. The first kappa shape index (κ1) is 18.7. The summed E-state index contributed by atoms with van der Waals surface area (Å²) >= 11 is 6.29. The Labute approximate surface area is 167 Å². The standard InChI is InChI=1S/C22H20ClFN2O2/c1-12-3-7-18(13(2)26-12)28-19-8-6-15(10-17(19)24)20-16(9-14-4-5-14)11-25-22(27)21(20)23/h3,6-8,10-11,14H,4-5,9H2,1-2H3,(H,25,27). The number of aryl methyl sites for hydroxylation is 2. The number of nitrogens with zero attached hydrogens (tertiary/aromatic N) is 1. The van der Waals surface area contributed by atoms with Crippen molar-refractivity contribution in [2.75, 3.05) is 0 Å². The van der Waals surface area contributed by atoms with Crippen LogP contribution in [0.1, 0.15) is 29.8 Å². The van der Waals surface area contributed by atoms with Crippen LogP contribution in [0.2, 0.25) is 5.02 Å². The van der Waals surface area contributed by atoms with Crippen LogP contribution in [0.25, 0.3) is 11.1 Å². The minimum atomic E-state index is -0.522. The van der Waals surface area contributed by atoms with Gasteiger partial charge in [0.15, 0.2) is 11.6 Å². The number of rotatable bonds is 5. The molecule has 28 heavy (non-hydrogen) atoms. The van der Waals surface area contributed by atoms with Gasteiger partial charge in [0.1, 0.15) is 10.8 Å². The first-order valence-electron chi connectivity index (χ1n) is 9.24. The van der Waals surface area contributed by atoms with E-state index in [-0.39, 0.29) is 16.3 Å². The second kappa shape index (κ2) is 7.40. The van der Waals surface area contributed by atoms with Gasteiger partial charge < -0.3 is 9.72 Å². The Morgan fingerprint density at radius 2 is 1.96 bits per heavy atom. The van der Waals surface area contributed by atoms with Crippen molar-refractivity contribution in [2.24, 2.45) is 5.92 Å². The van der Waals surface area contributed by atoms with Crippen LogP contribution in [0, 0.1) is 25.6 Å². The molecule has 4 nitrogen and oxygen atoms in total. The fourth-order valence-corrected chi connectivity index (χ4v) is 3.57. The molecule has 1 saturated carbocycles. The van der Waals surface area contributed by atoms with Gasteiger partial charge in [-0.1, -0.05) is 17.7 Å². The zero-order chi connectivity index (χ0) is 19.8. The Morgan fingerprint density at radius 1 is 1.21 bits per heavy atom. The van der Waals surface area contributed by atoms with Gasteiger partial charge in [-0.3, -0.25) is 9.78 Å². The summed E-state index contributed by atoms with van der Waals surface area (Å²) in [6.07, 6.45) is 4.84. The number of hydrogen-bond acceptors (Lipinski definition) is 3. The van der Waals surface area contributed by atoms with Crippen LogP contribution in [-0.2, 0) is 6.42 Å². The van der Waals surface area contributed by atoms with Crippen molar-refractivity contribution in [1.82, 2.24) is 9.97 Å². The summed E-state index contributed by atoms with van der Waals surface area (Å²) in [7, 11) is 0. The summed E-state index contributed by atoms with van der Waals surface area (Å²) in [6.45, 7) is 3.70. The molecular formula is C22H20ClFN2O2. The summed E-state index contributed by atoms with van der Waals surface area (Å²) in [5.74, 6) is 0.680. The number of H-pyrrole nitrogens is 1. The molecule has 0 unspecified atom stereocenters. The Morgan fingerprint density at radius 3 is 2.64 bits per heavy atom. The largest absolute Gasteiger partial charge is 0.452 e. The van der Waals surface area contributed by atoms with Crippen molar-refractivity contribution >= 4 is 11.6 Å². The second-order valence-electron chi connectivity index (χ2n) is 7.26. The van der Waals surface area contributed by atoms with Crippen LogP contribution in [0.5, 0.6) is 11.5 Å². The minimum absolute atomic E-state index is 0.0878. The van der Waals surface area contributed by atoms with Gasteiger partial charge in [0.2, 0.25) is 0 Å². The SMILES string of the molecule is Cc1ccc(Oc2ccc(-c3c(CC4CC4)c[nH]c(=O)c3Cl)cc2F)c(C)n1. The Balaban J connectivity index is 1.70. The van der Waals surface area contributed by atoms with Crippen LogP contribution < -0.4 is 10.3 Å². The molecule has 0 bridgehead atoms. The van der Waals surface area contributed by atoms with E-state index in [1.54, 1.807) is 24.4 Å². The Bertz CT molecular complexity index is 1110. The minimum Gasteiger partial charge on any atom is -0.452 e. The Kier molecular flexibility index (Phi) is 4.94. The molecule has 144 valence electrons. The van der Waals surface area contributed by atoms with Gasteiger partial charge in [-0.05, 0) is 74.4 Å². The average Bonchev–Trinajstić information content (AvgIpc) is 3.46. The fourth-order valence-electron chi connectivity index (χ4n) is 3.29. The number of nitrogens with one attached hydrogen (secondary N) is 1. The quantitative estimate of drug-likeness (QED) is 0.609. The van der Waals surface area contributed by atoms with Gasteiger partial charge in [-0.25, -0.2) is 4.39 Å². The van der Waals surface area contributed by atoms with Crippen molar-refractivity contribution in [2.45, 2.75) is 33.1 Å². The normalized spacial score (nSPS) is 13.6. The highest BCUT2D eigenvalue weighted by Crippen LogP contribution is 2.38. The lowest BCUT2D eigenvalue weighted by atomic mass is 9.98. The number of benzene rings is 1. The highest BCUT2D eigenvalue weighted by atomic mass is 35.5. The van der Waals surface area contributed by atoms with E-state index in [4.69, 9.17) is 16.3 Å². The maximum atomic E-state index is 14.8. The molecule has 3 aromatic rings. The first-order valence-corrected chi connectivity index (χ1v) is 9.62. The van der Waals surface area contributed by atoms with E-state index in [1.165, 1.54) is 18.9 Å². The fraction of sp³-hybridized carbons (Fsp3) is 0.273. The van der Waals surface area contributed by atoms with Gasteiger partial charge in [-0.15, -0.1) is 0 Å². The van der Waals surface area contributed by atoms with E-state index in [9.17, 15) is 9.18 Å². The molecule has 4 rings (SSSR count). The van der Waals surface area contributed by atoms with Gasteiger partial charge in [0.25, 0.3) is 5.56 Å². The van der Waals surface area contributed by atoms with E-state index in [0.29, 0.717) is 28.5 Å². The van der Waals surface area contributed by atoms with Crippen LogP contribution in [0.3, 0.4) is 0 Å². The molecule has 6 heteroatoms. The number of halogens is 2. The van der Waals surface area contributed by atoms with Crippen LogP contribution in [0.4, 0.5) is 4.39 Å². The molecule has 0 aliphatic heterocycles. The third kappa shape index (κ3) is 3.80. The third-order valence-electron chi connectivity index (χ3n) is 4.94. The summed E-state index contributed by atoms with van der Waals surface area (Å²) in [6, 6.07) is 8.24. The topological polar surface area (TPSA) is 55.0 Å². The summed E-state index contributed by atoms with van der Waals surface area (Å²) < 4.78 is 20.5. The molecule has 0 amide bonds. The zero-order valence-electron chi connectivity index (χ0n) is 15.7. The molecule has 0 saturated heterocycles. The third-order valence-corrected chi connectivity index (χ3v) is 5.30. The molecule has 0 spiro atoms. The van der Waals surface area contributed by atoms with Gasteiger partial charge in [-0.2, -0.15) is 0 Å². The van der Waals surface area contributed by atoms with Crippen molar-refractivity contribution in [3.05, 3.63) is 74.7 Å². The lowest BCUT2D eigenvalue weighted by molar-refractivity contribution is 0.437. The summed E-state index contributed by atoms with van der Waals surface area (Å²) in [5.41, 5.74) is 3.27. The summed E-state index contributed by atoms with van der Waals surface area (Å²) in [4.78, 5) is 19.0. The molecule has 1 fully saturated rings. The first-order chi connectivity index (χ1) is 13.4. The zero-order valence-corrected chi connectivity index (χ0v) is 16.4. The lowest BCUT2D eigenvalue weighted by Crippen LogP contribution is -2.10. The predicted octanol–water partition coefficient (Wildman–Crippen LogP) is 5.59. The van der Waals surface area contributed by atoms with E-state index < -0.39 is 5.82 Å². The molecule has 0 atom stereocenters. The van der Waals surface area contributed by atoms with Crippen molar-refractivity contribution in [3.8, 4) is 22.6 Å². The molecule has 1 aliphatic rings. The molecule has 1 N–H and O–H groups in total. The molecule has 0 radical (unpaired) electrons.